The third-order valence-electron chi connectivity index (χ3n) is 6.45. The van der Waals surface area contributed by atoms with E-state index in [-0.39, 0.29) is 25.5 Å². The van der Waals surface area contributed by atoms with Crippen molar-refractivity contribution >= 4 is 29.3 Å². The number of hydrogen-bond acceptors (Lipinski definition) is 7. The fourth-order valence-corrected chi connectivity index (χ4v) is 4.35. The van der Waals surface area contributed by atoms with E-state index >= 15 is 0 Å². The summed E-state index contributed by atoms with van der Waals surface area (Å²) in [5, 5.41) is 17.9. The number of carbonyl (C=O) groups is 4. The molecule has 0 fully saturated rings. The van der Waals surface area contributed by atoms with E-state index in [0.29, 0.717) is 23.6 Å². The molecule has 12 nitrogen and oxygen atoms in total. The molecule has 1 aromatic carbocycles. The maximum absolute atomic E-state index is 13.7. The van der Waals surface area contributed by atoms with Crippen LogP contribution in [0.15, 0.2) is 24.4 Å². The van der Waals surface area contributed by atoms with E-state index in [9.17, 15) is 23.6 Å². The van der Waals surface area contributed by atoms with Crippen molar-refractivity contribution in [3.05, 3.63) is 35.7 Å². The van der Waals surface area contributed by atoms with Crippen LogP contribution in [-0.2, 0) is 32.1 Å². The van der Waals surface area contributed by atoms with Crippen LogP contribution in [-0.4, -0.2) is 70.4 Å². The van der Waals surface area contributed by atoms with Gasteiger partial charge >= 0.3 is 0 Å². The minimum absolute atomic E-state index is 0.124. The zero-order valence-corrected chi connectivity index (χ0v) is 19.9. The molecule has 2 aliphatic rings. The van der Waals surface area contributed by atoms with Gasteiger partial charge in [-0.3, -0.25) is 24.1 Å². The summed E-state index contributed by atoms with van der Waals surface area (Å²) in [6, 6.07) is 2.26. The quantitative estimate of drug-likeness (QED) is 0.369. The molecule has 0 saturated heterocycles. The maximum Gasteiger partial charge on any atom is 0.253 e. The zero-order valence-electron chi connectivity index (χ0n) is 19.9. The molecule has 36 heavy (non-hydrogen) atoms. The molecule has 13 heteroatoms. The van der Waals surface area contributed by atoms with Crippen LogP contribution in [0.1, 0.15) is 31.5 Å². The first kappa shape index (κ1) is 25.1. The highest BCUT2D eigenvalue weighted by Gasteiger charge is 2.45. The Kier molecular flexibility index (Phi) is 7.46. The summed E-state index contributed by atoms with van der Waals surface area (Å²) in [4.78, 5) is 52.9. The largest absolute Gasteiger partial charge is 0.489 e. The number of rotatable bonds is 9. The minimum atomic E-state index is -1.26. The molecule has 0 spiro atoms. The standard InChI is InChI=1S/C23H28FN7O5/c1-3-12(2)19(28-18(32)8-24)22(34)27-15-11-36-17-6-4-5-13-7-16(31(20(13)17)23(15)35)21(33)25-9-14-10-26-30-29-14/h4-6,10,12,15-16,19H,3,7-9,11H2,1-2H3,(H,25,33)(H,27,34)(H,28,32)(H,26,29,30)/t12-,15-,16-,19-/m0/s1. The van der Waals surface area contributed by atoms with Gasteiger partial charge in [0.15, 0.2) is 6.67 Å². The molecule has 2 aliphatic heterocycles. The Hall–Kier alpha value is -4.03. The van der Waals surface area contributed by atoms with Gasteiger partial charge in [-0.1, -0.05) is 32.4 Å². The molecule has 3 heterocycles. The highest BCUT2D eigenvalue weighted by atomic mass is 19.1. The van der Waals surface area contributed by atoms with Gasteiger partial charge < -0.3 is 20.7 Å². The Morgan fingerprint density at radius 2 is 2.14 bits per heavy atom. The van der Waals surface area contributed by atoms with Gasteiger partial charge in [-0.25, -0.2) is 4.39 Å². The van der Waals surface area contributed by atoms with Crippen molar-refractivity contribution in [3.8, 4) is 5.75 Å². The van der Waals surface area contributed by atoms with E-state index in [2.05, 4.69) is 31.4 Å². The molecule has 0 bridgehead atoms. The average Bonchev–Trinajstić information content (AvgIpc) is 3.52. The summed E-state index contributed by atoms with van der Waals surface area (Å²) >= 11 is 0. The molecule has 192 valence electrons. The van der Waals surface area contributed by atoms with Gasteiger partial charge in [-0.05, 0) is 17.5 Å². The highest BCUT2D eigenvalue weighted by molar-refractivity contribution is 6.08. The van der Waals surface area contributed by atoms with Crippen molar-refractivity contribution in [2.75, 3.05) is 18.2 Å². The molecule has 4 rings (SSSR count). The van der Waals surface area contributed by atoms with E-state index in [1.807, 2.05) is 13.0 Å². The number of para-hydroxylation sites is 1. The minimum Gasteiger partial charge on any atom is -0.489 e. The Balaban J connectivity index is 1.55. The fraction of sp³-hybridized carbons (Fsp3) is 0.478. The molecular formula is C23H28FN7O5. The molecule has 0 unspecified atom stereocenters. The first-order chi connectivity index (χ1) is 17.3. The predicted octanol–water partition coefficient (Wildman–Crippen LogP) is -0.244. The number of alkyl halides is 1. The lowest BCUT2D eigenvalue weighted by atomic mass is 9.98. The third-order valence-corrected chi connectivity index (χ3v) is 6.45. The number of halogens is 1. The summed E-state index contributed by atoms with van der Waals surface area (Å²) < 4.78 is 18.7. The topological polar surface area (TPSA) is 158 Å². The van der Waals surface area contributed by atoms with E-state index in [1.165, 1.54) is 11.1 Å². The van der Waals surface area contributed by atoms with Crippen LogP contribution in [0.4, 0.5) is 10.1 Å². The number of benzene rings is 1. The second-order valence-corrected chi connectivity index (χ2v) is 8.81. The van der Waals surface area contributed by atoms with Crippen molar-refractivity contribution < 1.29 is 28.3 Å². The van der Waals surface area contributed by atoms with Crippen LogP contribution in [0, 0.1) is 5.92 Å². The normalized spacial score (nSPS) is 20.0. The number of H-pyrrole nitrogens is 1. The van der Waals surface area contributed by atoms with Gasteiger partial charge in [-0.2, -0.15) is 15.4 Å². The smallest absolute Gasteiger partial charge is 0.253 e. The zero-order chi connectivity index (χ0) is 25.8. The van der Waals surface area contributed by atoms with Crippen molar-refractivity contribution in [3.63, 3.8) is 0 Å². The molecule has 0 radical (unpaired) electrons. The number of aromatic nitrogens is 3. The van der Waals surface area contributed by atoms with Gasteiger partial charge in [0, 0.05) is 6.42 Å². The van der Waals surface area contributed by atoms with Crippen molar-refractivity contribution in [2.24, 2.45) is 5.92 Å². The van der Waals surface area contributed by atoms with Gasteiger partial charge in [-0.15, -0.1) is 0 Å². The number of nitrogens with one attached hydrogen (secondary N) is 4. The lowest BCUT2D eigenvalue weighted by Gasteiger charge is -2.28. The van der Waals surface area contributed by atoms with Crippen LogP contribution in [0.3, 0.4) is 0 Å². The summed E-state index contributed by atoms with van der Waals surface area (Å²) in [5.41, 5.74) is 1.79. The third kappa shape index (κ3) is 4.99. The molecular weight excluding hydrogens is 473 g/mol. The number of ether oxygens (including phenoxy) is 1. The molecule has 1 aromatic heterocycles. The first-order valence-corrected chi connectivity index (χ1v) is 11.7. The van der Waals surface area contributed by atoms with E-state index in [0.717, 1.165) is 5.56 Å². The summed E-state index contributed by atoms with van der Waals surface area (Å²) in [7, 11) is 0. The average molecular weight is 502 g/mol. The molecule has 4 atom stereocenters. The molecule has 0 saturated carbocycles. The Labute approximate surface area is 206 Å². The second-order valence-electron chi connectivity index (χ2n) is 8.81. The molecule has 4 amide bonds. The van der Waals surface area contributed by atoms with Crippen molar-refractivity contribution in [1.82, 2.24) is 31.4 Å². The monoisotopic (exact) mass is 501 g/mol. The van der Waals surface area contributed by atoms with Crippen LogP contribution in [0.5, 0.6) is 5.75 Å². The molecule has 0 aliphatic carbocycles. The first-order valence-electron chi connectivity index (χ1n) is 11.7. The second kappa shape index (κ2) is 10.7. The number of carbonyl (C=O) groups excluding carboxylic acids is 4. The fourth-order valence-electron chi connectivity index (χ4n) is 4.35. The lowest BCUT2D eigenvalue weighted by molar-refractivity contribution is -0.133. The van der Waals surface area contributed by atoms with Crippen LogP contribution < -0.4 is 25.6 Å². The van der Waals surface area contributed by atoms with Gasteiger partial charge in [0.05, 0.1) is 18.4 Å². The lowest BCUT2D eigenvalue weighted by Crippen LogP contribution is -2.59. The number of aromatic amines is 1. The summed E-state index contributed by atoms with van der Waals surface area (Å²) in [5.74, 6) is -2.35. The Bertz CT molecular complexity index is 1140. The van der Waals surface area contributed by atoms with Crippen molar-refractivity contribution in [2.45, 2.75) is 51.4 Å². The van der Waals surface area contributed by atoms with Crippen LogP contribution in [0.2, 0.25) is 0 Å². The summed E-state index contributed by atoms with van der Waals surface area (Å²) in [6.45, 7) is 2.26. The van der Waals surface area contributed by atoms with E-state index in [4.69, 9.17) is 4.74 Å². The van der Waals surface area contributed by atoms with Crippen molar-refractivity contribution in [1.29, 1.82) is 0 Å². The van der Waals surface area contributed by atoms with Gasteiger partial charge in [0.2, 0.25) is 11.8 Å². The van der Waals surface area contributed by atoms with Gasteiger partial charge in [0.25, 0.3) is 11.8 Å². The number of hydrogen-bond donors (Lipinski definition) is 4. The number of amides is 4. The number of anilines is 1. The molecule has 4 N–H and O–H groups in total. The summed E-state index contributed by atoms with van der Waals surface area (Å²) in [6.07, 6.45) is 2.29. The predicted molar refractivity (Wildman–Crippen MR) is 124 cm³/mol. The Morgan fingerprint density at radius 3 is 2.83 bits per heavy atom. The van der Waals surface area contributed by atoms with E-state index in [1.54, 1.807) is 19.1 Å². The van der Waals surface area contributed by atoms with Crippen LogP contribution >= 0.6 is 0 Å². The van der Waals surface area contributed by atoms with Gasteiger partial charge in [0.1, 0.15) is 36.2 Å². The maximum atomic E-state index is 13.7. The number of nitrogens with zero attached hydrogens (tertiary/aromatic N) is 3. The van der Waals surface area contributed by atoms with Crippen LogP contribution in [0.25, 0.3) is 0 Å². The Morgan fingerprint density at radius 1 is 1.33 bits per heavy atom. The van der Waals surface area contributed by atoms with E-state index < -0.39 is 48.4 Å². The molecule has 2 aromatic rings. The highest BCUT2D eigenvalue weighted by Crippen LogP contribution is 2.42. The SMILES string of the molecule is CC[C@H](C)[C@H](NC(=O)CF)C(=O)N[C@H]1COc2cccc3c2N(C1=O)[C@H](C(=O)NCc1cn[nH]n1)C3.